The molecule has 0 unspecified atom stereocenters. The van der Waals surface area contributed by atoms with Gasteiger partial charge in [-0.3, -0.25) is 4.79 Å². The maximum absolute atomic E-state index is 11.6. The zero-order chi connectivity index (χ0) is 13.1. The predicted octanol–water partition coefficient (Wildman–Crippen LogP) is 2.58. The molecule has 1 atom stereocenters. The monoisotopic (exact) mass is 310 g/mol. The van der Waals surface area contributed by atoms with Crippen LogP contribution in [0.4, 0.5) is 0 Å². The van der Waals surface area contributed by atoms with Gasteiger partial charge in [0.25, 0.3) is 0 Å². The van der Waals surface area contributed by atoms with Gasteiger partial charge in [0, 0.05) is 6.42 Å². The highest BCUT2D eigenvalue weighted by molar-refractivity contribution is 9.11. The number of halogens is 1. The Bertz CT molecular complexity index is 507. The van der Waals surface area contributed by atoms with Crippen LogP contribution in [0.15, 0.2) is 40.6 Å². The summed E-state index contributed by atoms with van der Waals surface area (Å²) in [6.45, 7) is 1.45. The van der Waals surface area contributed by atoms with E-state index in [0.29, 0.717) is 10.2 Å². The first-order chi connectivity index (χ1) is 8.58. The van der Waals surface area contributed by atoms with Crippen LogP contribution in [0.2, 0.25) is 0 Å². The summed E-state index contributed by atoms with van der Waals surface area (Å²) in [6, 6.07) is 8.92. The van der Waals surface area contributed by atoms with Crippen LogP contribution in [-0.4, -0.2) is 17.9 Å². The molecule has 1 aliphatic rings. The van der Waals surface area contributed by atoms with Gasteiger partial charge >= 0.3 is 5.97 Å². The van der Waals surface area contributed by atoms with Crippen LogP contribution in [0.5, 0.6) is 5.75 Å². The Morgan fingerprint density at radius 3 is 2.67 bits per heavy atom. The van der Waals surface area contributed by atoms with Crippen molar-refractivity contribution in [2.75, 3.05) is 0 Å². The molecular weight excluding hydrogens is 300 g/mol. The van der Waals surface area contributed by atoms with Crippen LogP contribution >= 0.6 is 15.9 Å². The second-order valence-corrected chi connectivity index (χ2v) is 4.75. The maximum atomic E-state index is 11.6. The van der Waals surface area contributed by atoms with E-state index in [0.717, 1.165) is 0 Å². The number of benzene rings is 1. The second kappa shape index (κ2) is 5.35. The molecule has 0 aliphatic carbocycles. The molecule has 94 valence electrons. The average Bonchev–Trinajstić information content (AvgIpc) is 2.58. The Morgan fingerprint density at radius 1 is 1.39 bits per heavy atom. The van der Waals surface area contributed by atoms with Gasteiger partial charge in [-0.05, 0) is 35.0 Å². The van der Waals surface area contributed by atoms with Crippen molar-refractivity contribution in [3.63, 3.8) is 0 Å². The second-order valence-electron chi connectivity index (χ2n) is 3.89. The lowest BCUT2D eigenvalue weighted by Gasteiger charge is -2.06. The number of carbonyl (C=O) groups is 2. The number of rotatable bonds is 4. The van der Waals surface area contributed by atoms with Gasteiger partial charge in [-0.2, -0.15) is 0 Å². The molecule has 1 aromatic rings. The summed E-state index contributed by atoms with van der Waals surface area (Å²) >= 11 is 3.25. The Balaban J connectivity index is 2.18. The third-order valence-corrected chi connectivity index (χ3v) is 3.24. The molecule has 5 heteroatoms. The minimum Gasteiger partial charge on any atom is -0.450 e. The summed E-state index contributed by atoms with van der Waals surface area (Å²) in [5, 5.41) is 0. The molecular formula is C13H11BrO4. The zero-order valence-corrected chi connectivity index (χ0v) is 11.3. The van der Waals surface area contributed by atoms with Crippen LogP contribution in [0.25, 0.3) is 0 Å². The van der Waals surface area contributed by atoms with E-state index in [1.165, 1.54) is 6.92 Å². The smallest absolute Gasteiger partial charge is 0.375 e. The lowest BCUT2D eigenvalue weighted by atomic mass is 10.2. The number of ketones is 1. The fourth-order valence-corrected chi connectivity index (χ4v) is 2.07. The van der Waals surface area contributed by atoms with Gasteiger partial charge in [0.2, 0.25) is 5.76 Å². The number of hydrogen-bond donors (Lipinski definition) is 0. The van der Waals surface area contributed by atoms with E-state index in [1.54, 1.807) is 24.3 Å². The summed E-state index contributed by atoms with van der Waals surface area (Å²) in [5.74, 6) is 0.0417. The van der Waals surface area contributed by atoms with Gasteiger partial charge in [0.05, 0.1) is 4.48 Å². The van der Waals surface area contributed by atoms with Crippen molar-refractivity contribution in [2.45, 2.75) is 19.4 Å². The molecule has 0 amide bonds. The summed E-state index contributed by atoms with van der Waals surface area (Å²) in [6.07, 6.45) is -0.428. The quantitative estimate of drug-likeness (QED) is 0.802. The zero-order valence-electron chi connectivity index (χ0n) is 9.68. The number of carbonyl (C=O) groups excluding carboxylic acids is 2. The van der Waals surface area contributed by atoms with Crippen molar-refractivity contribution in [1.82, 2.24) is 0 Å². The largest absolute Gasteiger partial charge is 0.450 e. The fourth-order valence-electron chi connectivity index (χ4n) is 1.57. The van der Waals surface area contributed by atoms with Crippen molar-refractivity contribution in [3.8, 4) is 5.75 Å². The summed E-state index contributed by atoms with van der Waals surface area (Å²) in [7, 11) is 0. The first-order valence-corrected chi connectivity index (χ1v) is 6.20. The summed E-state index contributed by atoms with van der Waals surface area (Å²) in [4.78, 5) is 22.7. The topological polar surface area (TPSA) is 52.6 Å². The SMILES string of the molecule is CC(=O)C[C@@H]1OC(=O)C(Oc2ccccc2)=C1Br. The minimum absolute atomic E-state index is 0.0503. The highest BCUT2D eigenvalue weighted by Crippen LogP contribution is 2.31. The van der Waals surface area contributed by atoms with E-state index in [4.69, 9.17) is 9.47 Å². The van der Waals surface area contributed by atoms with Crippen molar-refractivity contribution in [1.29, 1.82) is 0 Å². The number of cyclic esters (lactones) is 1. The molecule has 0 spiro atoms. The van der Waals surface area contributed by atoms with E-state index in [9.17, 15) is 9.59 Å². The first kappa shape index (κ1) is 12.8. The third kappa shape index (κ3) is 2.79. The Hall–Kier alpha value is -1.62. The van der Waals surface area contributed by atoms with Crippen LogP contribution < -0.4 is 4.74 Å². The molecule has 0 N–H and O–H groups in total. The highest BCUT2D eigenvalue weighted by atomic mass is 79.9. The van der Waals surface area contributed by atoms with E-state index < -0.39 is 12.1 Å². The molecule has 18 heavy (non-hydrogen) atoms. The Kier molecular flexibility index (Phi) is 3.81. The van der Waals surface area contributed by atoms with Gasteiger partial charge in [-0.1, -0.05) is 18.2 Å². The lowest BCUT2D eigenvalue weighted by Crippen LogP contribution is -2.13. The average molecular weight is 311 g/mol. The number of hydrogen-bond acceptors (Lipinski definition) is 4. The molecule has 4 nitrogen and oxygen atoms in total. The van der Waals surface area contributed by atoms with Gasteiger partial charge in [0.15, 0.2) is 0 Å². The molecule has 0 aromatic heterocycles. The van der Waals surface area contributed by atoms with E-state index in [2.05, 4.69) is 15.9 Å². The standard InChI is InChI=1S/C13H11BrO4/c1-8(15)7-10-11(14)12(13(16)18-10)17-9-5-3-2-4-6-9/h2-6,10H,7H2,1H3/t10-/m0/s1. The van der Waals surface area contributed by atoms with Crippen molar-refractivity contribution >= 4 is 27.7 Å². The van der Waals surface area contributed by atoms with E-state index >= 15 is 0 Å². The summed E-state index contributed by atoms with van der Waals surface area (Å²) < 4.78 is 11.0. The van der Waals surface area contributed by atoms with Gasteiger partial charge in [0.1, 0.15) is 17.6 Å². The fraction of sp³-hybridized carbons (Fsp3) is 0.231. The third-order valence-electron chi connectivity index (χ3n) is 2.37. The molecule has 0 fully saturated rings. The van der Waals surface area contributed by atoms with Gasteiger partial charge in [-0.25, -0.2) is 4.79 Å². The molecule has 1 heterocycles. The maximum Gasteiger partial charge on any atom is 0.375 e. The molecule has 0 radical (unpaired) electrons. The molecule has 0 bridgehead atoms. The first-order valence-electron chi connectivity index (χ1n) is 5.41. The van der Waals surface area contributed by atoms with Crippen molar-refractivity contribution in [2.24, 2.45) is 0 Å². The molecule has 0 saturated heterocycles. The highest BCUT2D eigenvalue weighted by Gasteiger charge is 2.35. The van der Waals surface area contributed by atoms with Crippen LogP contribution in [0.1, 0.15) is 13.3 Å². The van der Waals surface area contributed by atoms with E-state index in [1.807, 2.05) is 6.07 Å². The Morgan fingerprint density at radius 2 is 2.06 bits per heavy atom. The van der Waals surface area contributed by atoms with E-state index in [-0.39, 0.29) is 18.0 Å². The van der Waals surface area contributed by atoms with Crippen molar-refractivity contribution < 1.29 is 19.1 Å². The van der Waals surface area contributed by atoms with Crippen LogP contribution in [-0.2, 0) is 14.3 Å². The molecule has 2 rings (SSSR count). The van der Waals surface area contributed by atoms with Crippen molar-refractivity contribution in [3.05, 3.63) is 40.6 Å². The van der Waals surface area contributed by atoms with Gasteiger partial charge < -0.3 is 9.47 Å². The molecule has 0 saturated carbocycles. The number of ether oxygens (including phenoxy) is 2. The lowest BCUT2D eigenvalue weighted by molar-refractivity contribution is -0.142. The Labute approximate surface area is 113 Å². The van der Waals surface area contributed by atoms with Crippen LogP contribution in [0, 0.1) is 0 Å². The number of para-hydroxylation sites is 1. The van der Waals surface area contributed by atoms with Crippen LogP contribution in [0.3, 0.4) is 0 Å². The van der Waals surface area contributed by atoms with Gasteiger partial charge in [-0.15, -0.1) is 0 Å². The minimum atomic E-state index is -0.575. The molecule has 1 aliphatic heterocycles. The predicted molar refractivity (Wildman–Crippen MR) is 68.2 cm³/mol. The number of esters is 1. The number of Topliss-reactive ketones (excluding diaryl/α,β-unsaturated/α-hetero) is 1. The summed E-state index contributed by atoms with van der Waals surface area (Å²) in [5.41, 5.74) is 0. The normalized spacial score (nSPS) is 18.8. The molecule has 1 aromatic carbocycles.